The molecule has 3 rings (SSSR count). The number of aromatic nitrogens is 1. The number of hydrogen-bond acceptors (Lipinski definition) is 7. The van der Waals surface area contributed by atoms with Gasteiger partial charge < -0.3 is 29.0 Å². The molecule has 0 unspecified atom stereocenters. The van der Waals surface area contributed by atoms with Gasteiger partial charge in [0.1, 0.15) is 23.3 Å². The van der Waals surface area contributed by atoms with Gasteiger partial charge >= 0.3 is 5.97 Å². The third-order valence-corrected chi connectivity index (χ3v) is 5.97. The zero-order valence-electron chi connectivity index (χ0n) is 19.0. The number of methoxy groups -OCH3 is 1. The minimum atomic E-state index is -0.865. The van der Waals surface area contributed by atoms with E-state index in [1.54, 1.807) is 26.0 Å². The Labute approximate surface area is 186 Å². The van der Waals surface area contributed by atoms with Crippen molar-refractivity contribution in [1.29, 1.82) is 0 Å². The third kappa shape index (κ3) is 3.95. The Morgan fingerprint density at radius 1 is 1.28 bits per heavy atom. The van der Waals surface area contributed by atoms with Crippen molar-refractivity contribution >= 4 is 23.4 Å². The predicted octanol–water partition coefficient (Wildman–Crippen LogP) is 2.77. The first-order valence-corrected chi connectivity index (χ1v) is 10.6. The van der Waals surface area contributed by atoms with Gasteiger partial charge in [-0.1, -0.05) is 13.8 Å². The predicted molar refractivity (Wildman–Crippen MR) is 117 cm³/mol. The number of nitrogens with one attached hydrogen (secondary N) is 1. The van der Waals surface area contributed by atoms with E-state index in [1.807, 2.05) is 13.8 Å². The first-order valence-electron chi connectivity index (χ1n) is 10.6. The molecule has 1 aliphatic heterocycles. The number of rotatable bonds is 8. The summed E-state index contributed by atoms with van der Waals surface area (Å²) in [7, 11) is 1.26. The van der Waals surface area contributed by atoms with Gasteiger partial charge in [-0.25, -0.2) is 4.79 Å². The van der Waals surface area contributed by atoms with E-state index in [-0.39, 0.29) is 17.0 Å². The molecule has 1 saturated heterocycles. The minimum Gasteiger partial charge on any atom is -0.507 e. The van der Waals surface area contributed by atoms with Gasteiger partial charge in [0.15, 0.2) is 0 Å². The number of aliphatic hydroxyl groups excluding tert-OH is 1. The van der Waals surface area contributed by atoms with Crippen LogP contribution in [0.5, 0.6) is 0 Å². The van der Waals surface area contributed by atoms with Crippen molar-refractivity contribution in [3.8, 4) is 0 Å². The first kappa shape index (κ1) is 23.3. The number of furan rings is 1. The molecule has 2 aromatic rings. The number of amides is 1. The highest BCUT2D eigenvalue weighted by Crippen LogP contribution is 2.40. The van der Waals surface area contributed by atoms with Crippen LogP contribution in [-0.4, -0.2) is 70.8 Å². The van der Waals surface area contributed by atoms with Gasteiger partial charge in [0.05, 0.1) is 18.9 Å². The van der Waals surface area contributed by atoms with Crippen molar-refractivity contribution in [3.63, 3.8) is 0 Å². The number of ether oxygens (including phenoxy) is 1. The quantitative estimate of drug-likeness (QED) is 0.279. The normalized spacial score (nSPS) is 18.1. The number of likely N-dealkylation sites (tertiary alicyclic amines) is 1. The zero-order valence-corrected chi connectivity index (χ0v) is 19.0. The Balaban J connectivity index is 2.12. The van der Waals surface area contributed by atoms with Crippen LogP contribution in [0.4, 0.5) is 0 Å². The number of carbonyl (C=O) groups is 3. The summed E-state index contributed by atoms with van der Waals surface area (Å²) in [6.45, 7) is 9.86. The Hall–Kier alpha value is -3.33. The van der Waals surface area contributed by atoms with Crippen molar-refractivity contribution in [2.24, 2.45) is 0 Å². The number of Topliss-reactive ketones (excluding diaryl/α,β-unsaturated/α-hetero) is 1. The fourth-order valence-corrected chi connectivity index (χ4v) is 4.19. The van der Waals surface area contributed by atoms with E-state index in [2.05, 4.69) is 9.88 Å². The monoisotopic (exact) mass is 443 g/mol. The van der Waals surface area contributed by atoms with E-state index in [0.29, 0.717) is 35.7 Å². The van der Waals surface area contributed by atoms with Gasteiger partial charge in [-0.05, 0) is 44.6 Å². The molecule has 1 fully saturated rings. The molecule has 2 aromatic heterocycles. The number of aryl methyl sites for hydroxylation is 1. The van der Waals surface area contributed by atoms with Crippen LogP contribution in [0.25, 0.3) is 5.76 Å². The first-order chi connectivity index (χ1) is 15.3. The third-order valence-electron chi connectivity index (χ3n) is 5.97. The molecule has 0 aliphatic carbocycles. The molecule has 0 aromatic carbocycles. The highest BCUT2D eigenvalue weighted by Gasteiger charge is 2.47. The molecule has 1 amide bonds. The lowest BCUT2D eigenvalue weighted by atomic mass is 9.97. The van der Waals surface area contributed by atoms with E-state index >= 15 is 0 Å². The maximum absolute atomic E-state index is 13.1. The van der Waals surface area contributed by atoms with Crippen molar-refractivity contribution in [3.05, 3.63) is 52.2 Å². The van der Waals surface area contributed by atoms with E-state index in [9.17, 15) is 19.5 Å². The summed E-state index contributed by atoms with van der Waals surface area (Å²) in [5.41, 5.74) is 1.32. The van der Waals surface area contributed by atoms with Crippen molar-refractivity contribution in [2.75, 3.05) is 33.3 Å². The van der Waals surface area contributed by atoms with Crippen molar-refractivity contribution < 1.29 is 28.6 Å². The second-order valence-electron chi connectivity index (χ2n) is 7.65. The van der Waals surface area contributed by atoms with Crippen LogP contribution in [0.3, 0.4) is 0 Å². The molecule has 32 heavy (non-hydrogen) atoms. The summed E-state index contributed by atoms with van der Waals surface area (Å²) < 4.78 is 10.3. The SMILES string of the molecule is CCN(CC)CCN1C(=O)C(=O)C(=C(O)c2c(C)[nH]c(C(=O)OC)c2C)[C@@H]1c1ccco1. The van der Waals surface area contributed by atoms with Crippen LogP contribution in [-0.2, 0) is 14.3 Å². The van der Waals surface area contributed by atoms with Crippen LogP contribution in [0, 0.1) is 13.8 Å². The summed E-state index contributed by atoms with van der Waals surface area (Å²) in [6, 6.07) is 2.48. The smallest absolute Gasteiger partial charge is 0.354 e. The zero-order chi connectivity index (χ0) is 23.6. The number of H-pyrrole nitrogens is 1. The molecular formula is C23H29N3O6. The highest BCUT2D eigenvalue weighted by molar-refractivity contribution is 6.46. The molecule has 9 nitrogen and oxygen atoms in total. The molecule has 0 bridgehead atoms. The lowest BCUT2D eigenvalue weighted by Gasteiger charge is -2.26. The molecule has 0 saturated carbocycles. The number of esters is 1. The summed E-state index contributed by atoms with van der Waals surface area (Å²) in [4.78, 5) is 44.6. The lowest BCUT2D eigenvalue weighted by Crippen LogP contribution is -2.37. The molecule has 3 heterocycles. The number of nitrogens with zero attached hydrogens (tertiary/aromatic N) is 2. The average Bonchev–Trinajstić information content (AvgIpc) is 3.47. The molecule has 172 valence electrons. The topological polar surface area (TPSA) is 116 Å². The number of hydrogen-bond donors (Lipinski definition) is 2. The van der Waals surface area contributed by atoms with E-state index in [0.717, 1.165) is 13.1 Å². The molecule has 9 heteroatoms. The van der Waals surface area contributed by atoms with Crippen molar-refractivity contribution in [2.45, 2.75) is 33.7 Å². The summed E-state index contributed by atoms with van der Waals surface area (Å²) >= 11 is 0. The second-order valence-corrected chi connectivity index (χ2v) is 7.65. The van der Waals surface area contributed by atoms with E-state index in [4.69, 9.17) is 9.15 Å². The Bertz CT molecular complexity index is 1050. The molecule has 0 spiro atoms. The Morgan fingerprint density at radius 3 is 2.53 bits per heavy atom. The lowest BCUT2D eigenvalue weighted by molar-refractivity contribution is -0.140. The van der Waals surface area contributed by atoms with Gasteiger partial charge in [-0.3, -0.25) is 9.59 Å². The summed E-state index contributed by atoms with van der Waals surface area (Å²) in [5, 5.41) is 11.3. The fraction of sp³-hybridized carbons (Fsp3) is 0.435. The maximum Gasteiger partial charge on any atom is 0.354 e. The van der Waals surface area contributed by atoms with E-state index < -0.39 is 23.7 Å². The van der Waals surface area contributed by atoms with Gasteiger partial charge in [-0.15, -0.1) is 0 Å². The number of aliphatic hydroxyl groups is 1. The van der Waals surface area contributed by atoms with E-state index in [1.165, 1.54) is 18.3 Å². The van der Waals surface area contributed by atoms with Crippen LogP contribution in [0.2, 0.25) is 0 Å². The largest absolute Gasteiger partial charge is 0.507 e. The number of likely N-dealkylation sites (N-methyl/N-ethyl adjacent to an activating group) is 1. The van der Waals surface area contributed by atoms with Crippen LogP contribution >= 0.6 is 0 Å². The standard InChI is InChI=1S/C23H29N3O6/c1-6-25(7-2)10-11-26-19(15-9-8-12-32-15)17(21(28)22(26)29)20(27)16-13(3)18(23(30)31-5)24-14(16)4/h8-9,12,19,24,27H,6-7,10-11H2,1-5H3/t19-/m0/s1. The Kier molecular flexibility index (Phi) is 6.88. The molecule has 1 atom stereocenters. The van der Waals surface area contributed by atoms with Crippen molar-refractivity contribution in [1.82, 2.24) is 14.8 Å². The minimum absolute atomic E-state index is 0.0638. The van der Waals surface area contributed by atoms with Crippen LogP contribution < -0.4 is 0 Å². The van der Waals surface area contributed by atoms with Gasteiger partial charge in [-0.2, -0.15) is 0 Å². The second kappa shape index (κ2) is 9.44. The summed E-state index contributed by atoms with van der Waals surface area (Å²) in [5.74, 6) is -2.05. The summed E-state index contributed by atoms with van der Waals surface area (Å²) in [6.07, 6.45) is 1.46. The van der Waals surface area contributed by atoms with Gasteiger partial charge in [0.25, 0.3) is 11.7 Å². The van der Waals surface area contributed by atoms with Crippen LogP contribution in [0.1, 0.15) is 53.0 Å². The average molecular weight is 444 g/mol. The fourth-order valence-electron chi connectivity index (χ4n) is 4.19. The number of ketones is 1. The number of aromatic amines is 1. The van der Waals surface area contributed by atoms with Gasteiger partial charge in [0.2, 0.25) is 0 Å². The molecule has 0 radical (unpaired) electrons. The number of carbonyl (C=O) groups excluding carboxylic acids is 3. The Morgan fingerprint density at radius 2 is 1.97 bits per heavy atom. The molecule has 1 aliphatic rings. The van der Waals surface area contributed by atoms with Gasteiger partial charge in [0, 0.05) is 24.3 Å². The molecule has 2 N–H and O–H groups in total. The van der Waals surface area contributed by atoms with Crippen LogP contribution in [0.15, 0.2) is 28.4 Å². The maximum atomic E-state index is 13.1. The molecular weight excluding hydrogens is 414 g/mol. The highest BCUT2D eigenvalue weighted by atomic mass is 16.5.